The lowest BCUT2D eigenvalue weighted by atomic mass is 9.86. The molecule has 0 aromatic carbocycles. The highest BCUT2D eigenvalue weighted by Gasteiger charge is 2.35. The topological polar surface area (TPSA) is 51.3 Å². The summed E-state index contributed by atoms with van der Waals surface area (Å²) in [6, 6.07) is 2.64. The summed E-state index contributed by atoms with van der Waals surface area (Å²) >= 11 is 0. The van der Waals surface area contributed by atoms with E-state index in [1.54, 1.807) is 0 Å². The molecule has 0 bridgehead atoms. The summed E-state index contributed by atoms with van der Waals surface area (Å²) in [5, 5.41) is 0. The van der Waals surface area contributed by atoms with E-state index in [9.17, 15) is 4.79 Å². The number of hydrogen-bond acceptors (Lipinski definition) is 2. The largest absolute Gasteiger partial charge is 0.397 e. The number of rotatable bonds is 2. The lowest BCUT2D eigenvalue weighted by Gasteiger charge is -2.41. The highest BCUT2D eigenvalue weighted by molar-refractivity contribution is 5.94. The normalized spacial score (nSPS) is 30.6. The number of likely N-dealkylation sites (tertiary alicyclic amines) is 1. The lowest BCUT2D eigenvalue weighted by molar-refractivity contribution is 0.0445. The average Bonchev–Trinajstić information content (AvgIpc) is 3.16. The van der Waals surface area contributed by atoms with E-state index < -0.39 is 0 Å². The van der Waals surface area contributed by atoms with E-state index in [0.717, 1.165) is 25.1 Å². The van der Waals surface area contributed by atoms with Crippen LogP contribution < -0.4 is 5.73 Å². The summed E-state index contributed by atoms with van der Waals surface area (Å²) in [6.45, 7) is 7.51. The van der Waals surface area contributed by atoms with Gasteiger partial charge in [-0.3, -0.25) is 4.79 Å². The van der Waals surface area contributed by atoms with Crippen LogP contribution in [-0.4, -0.2) is 28.0 Å². The van der Waals surface area contributed by atoms with Gasteiger partial charge in [0.15, 0.2) is 0 Å². The smallest absolute Gasteiger partial charge is 0.270 e. The number of anilines is 1. The second-order valence-corrected chi connectivity index (χ2v) is 6.81. The van der Waals surface area contributed by atoms with E-state index in [2.05, 4.69) is 25.3 Å². The fourth-order valence-corrected chi connectivity index (χ4v) is 3.46. The van der Waals surface area contributed by atoms with E-state index >= 15 is 0 Å². The van der Waals surface area contributed by atoms with Gasteiger partial charge in [0.05, 0.1) is 5.69 Å². The molecular formula is C16H25N3O. The second kappa shape index (κ2) is 4.83. The van der Waals surface area contributed by atoms with Crippen molar-refractivity contribution in [2.24, 2.45) is 11.8 Å². The van der Waals surface area contributed by atoms with Crippen LogP contribution in [0.4, 0.5) is 5.69 Å². The molecule has 4 heteroatoms. The van der Waals surface area contributed by atoms with Crippen molar-refractivity contribution in [2.75, 3.05) is 12.3 Å². The van der Waals surface area contributed by atoms with Gasteiger partial charge in [-0.15, -0.1) is 0 Å². The van der Waals surface area contributed by atoms with Crippen molar-refractivity contribution in [1.82, 2.24) is 9.47 Å². The monoisotopic (exact) mass is 275 g/mol. The first-order valence-corrected chi connectivity index (χ1v) is 7.75. The van der Waals surface area contributed by atoms with Crippen LogP contribution in [0.25, 0.3) is 0 Å². The fourth-order valence-electron chi connectivity index (χ4n) is 3.46. The molecule has 1 aliphatic carbocycles. The van der Waals surface area contributed by atoms with Gasteiger partial charge < -0.3 is 15.2 Å². The molecule has 1 amide bonds. The van der Waals surface area contributed by atoms with Gasteiger partial charge in [0.1, 0.15) is 5.69 Å². The minimum absolute atomic E-state index is 0.152. The molecule has 20 heavy (non-hydrogen) atoms. The molecule has 2 aliphatic rings. The average molecular weight is 275 g/mol. The molecule has 2 heterocycles. The van der Waals surface area contributed by atoms with Crippen LogP contribution in [0, 0.1) is 11.8 Å². The van der Waals surface area contributed by atoms with Crippen LogP contribution in [-0.2, 0) is 0 Å². The van der Waals surface area contributed by atoms with E-state index in [1.807, 2.05) is 17.2 Å². The maximum absolute atomic E-state index is 12.9. The number of carbonyl (C=O) groups excluding carboxylic acids is 1. The summed E-state index contributed by atoms with van der Waals surface area (Å²) in [7, 11) is 0. The molecule has 4 nitrogen and oxygen atoms in total. The van der Waals surface area contributed by atoms with Crippen molar-refractivity contribution in [3.8, 4) is 0 Å². The third-order valence-corrected chi connectivity index (χ3v) is 4.89. The summed E-state index contributed by atoms with van der Waals surface area (Å²) < 4.78 is 2.09. The van der Waals surface area contributed by atoms with Crippen LogP contribution >= 0.6 is 0 Å². The van der Waals surface area contributed by atoms with Crippen molar-refractivity contribution < 1.29 is 4.79 Å². The zero-order chi connectivity index (χ0) is 14.4. The molecule has 1 aromatic rings. The van der Waals surface area contributed by atoms with Gasteiger partial charge >= 0.3 is 0 Å². The molecule has 1 saturated carbocycles. The molecule has 1 saturated heterocycles. The molecule has 3 rings (SSSR count). The van der Waals surface area contributed by atoms with Crippen LogP contribution in [0.2, 0.25) is 0 Å². The first kappa shape index (κ1) is 13.5. The Hall–Kier alpha value is -1.45. The van der Waals surface area contributed by atoms with Gasteiger partial charge in [0.2, 0.25) is 0 Å². The standard InChI is InChI=1S/C16H25N3O/c1-10-6-11(2)12(3)18(8-10)16(20)15-7-13(17)9-19(15)14-4-5-14/h7,9-12,14H,4-6,8,17H2,1-3H3. The van der Waals surface area contributed by atoms with Crippen molar-refractivity contribution in [3.05, 3.63) is 18.0 Å². The summed E-state index contributed by atoms with van der Waals surface area (Å²) in [5.74, 6) is 1.29. The zero-order valence-electron chi connectivity index (χ0n) is 12.7. The lowest BCUT2D eigenvalue weighted by Crippen LogP contribution is -2.49. The van der Waals surface area contributed by atoms with Gasteiger partial charge in [0, 0.05) is 24.8 Å². The summed E-state index contributed by atoms with van der Waals surface area (Å²) in [5.41, 5.74) is 7.39. The predicted octanol–water partition coefficient (Wildman–Crippen LogP) is 2.91. The number of hydrogen-bond donors (Lipinski definition) is 1. The molecular weight excluding hydrogens is 250 g/mol. The van der Waals surface area contributed by atoms with E-state index in [4.69, 9.17) is 5.73 Å². The Morgan fingerprint density at radius 2 is 2.00 bits per heavy atom. The number of nitrogens with zero attached hydrogens (tertiary/aromatic N) is 2. The Kier molecular flexibility index (Phi) is 3.27. The summed E-state index contributed by atoms with van der Waals surface area (Å²) in [4.78, 5) is 15.0. The molecule has 3 unspecified atom stereocenters. The third-order valence-electron chi connectivity index (χ3n) is 4.89. The Morgan fingerprint density at radius 3 is 2.65 bits per heavy atom. The molecule has 2 N–H and O–H groups in total. The molecule has 110 valence electrons. The quantitative estimate of drug-likeness (QED) is 0.902. The SMILES string of the molecule is CC1CC(C)C(C)N(C(=O)c2cc(N)cn2C2CC2)C1. The third kappa shape index (κ3) is 2.32. The van der Waals surface area contributed by atoms with Crippen molar-refractivity contribution >= 4 is 11.6 Å². The molecule has 3 atom stereocenters. The number of nitrogen functional groups attached to an aromatic ring is 1. The molecule has 0 radical (unpaired) electrons. The van der Waals surface area contributed by atoms with Gasteiger partial charge in [-0.1, -0.05) is 13.8 Å². The zero-order valence-corrected chi connectivity index (χ0v) is 12.7. The van der Waals surface area contributed by atoms with Crippen LogP contribution in [0.15, 0.2) is 12.3 Å². The highest BCUT2D eigenvalue weighted by atomic mass is 16.2. The van der Waals surface area contributed by atoms with E-state index in [1.165, 1.54) is 6.42 Å². The van der Waals surface area contributed by atoms with Gasteiger partial charge in [-0.2, -0.15) is 0 Å². The Balaban J connectivity index is 1.88. The van der Waals surface area contributed by atoms with E-state index in [-0.39, 0.29) is 5.91 Å². The van der Waals surface area contributed by atoms with Crippen LogP contribution in [0.5, 0.6) is 0 Å². The molecule has 1 aliphatic heterocycles. The first-order chi connectivity index (χ1) is 9.47. The second-order valence-electron chi connectivity index (χ2n) is 6.81. The predicted molar refractivity (Wildman–Crippen MR) is 80.6 cm³/mol. The maximum atomic E-state index is 12.9. The van der Waals surface area contributed by atoms with Crippen molar-refractivity contribution in [3.63, 3.8) is 0 Å². The minimum atomic E-state index is 0.152. The van der Waals surface area contributed by atoms with Gasteiger partial charge in [-0.25, -0.2) is 0 Å². The first-order valence-electron chi connectivity index (χ1n) is 7.75. The molecule has 2 fully saturated rings. The number of piperidine rings is 1. The van der Waals surface area contributed by atoms with Gasteiger partial charge in [0.25, 0.3) is 5.91 Å². The van der Waals surface area contributed by atoms with E-state index in [0.29, 0.717) is 29.6 Å². The number of carbonyl (C=O) groups is 1. The number of nitrogens with two attached hydrogens (primary N) is 1. The maximum Gasteiger partial charge on any atom is 0.270 e. The van der Waals surface area contributed by atoms with Crippen molar-refractivity contribution in [2.45, 2.75) is 52.1 Å². The number of aromatic nitrogens is 1. The van der Waals surface area contributed by atoms with Gasteiger partial charge in [-0.05, 0) is 44.1 Å². The molecule has 1 aromatic heterocycles. The number of amides is 1. The Labute approximate surface area is 120 Å². The van der Waals surface area contributed by atoms with Crippen molar-refractivity contribution in [1.29, 1.82) is 0 Å². The Morgan fingerprint density at radius 1 is 1.30 bits per heavy atom. The molecule has 0 spiro atoms. The summed E-state index contributed by atoms with van der Waals surface area (Å²) in [6.07, 6.45) is 5.45. The van der Waals surface area contributed by atoms with Crippen LogP contribution in [0.3, 0.4) is 0 Å². The van der Waals surface area contributed by atoms with Crippen LogP contribution in [0.1, 0.15) is 56.6 Å². The fraction of sp³-hybridized carbons (Fsp3) is 0.688. The minimum Gasteiger partial charge on any atom is -0.397 e. The highest BCUT2D eigenvalue weighted by Crippen LogP contribution is 2.38. The Bertz CT molecular complexity index is 518.